The van der Waals surface area contributed by atoms with E-state index in [1.165, 1.54) is 128 Å². The van der Waals surface area contributed by atoms with Crippen LogP contribution in [-0.4, -0.2) is 12.3 Å². The zero-order chi connectivity index (χ0) is 19.1. The van der Waals surface area contributed by atoms with Crippen LogP contribution in [0.5, 0.6) is 0 Å². The minimum Gasteiger partial charge on any atom is -0.295 e. The lowest BCUT2D eigenvalue weighted by Gasteiger charge is -2.04. The third-order valence-corrected chi connectivity index (χ3v) is 5.34. The second-order valence-electron chi connectivity index (χ2n) is 8.58. The zero-order valence-electron chi connectivity index (χ0n) is 18.7. The van der Waals surface area contributed by atoms with Crippen LogP contribution in [0.3, 0.4) is 0 Å². The molecule has 0 saturated carbocycles. The van der Waals surface area contributed by atoms with Gasteiger partial charge in [0.2, 0.25) is 0 Å². The van der Waals surface area contributed by atoms with Crippen molar-refractivity contribution in [1.82, 2.24) is 0 Å². The number of rotatable bonds is 21. The Balaban J connectivity index is 3.01. The molecule has 26 heavy (non-hydrogen) atoms. The van der Waals surface area contributed by atoms with Crippen molar-refractivity contribution in [3.8, 4) is 0 Å². The lowest BCUT2D eigenvalue weighted by Crippen LogP contribution is -1.89. The fourth-order valence-electron chi connectivity index (χ4n) is 3.60. The maximum absolute atomic E-state index is 4.42. The number of nitrogens with zero attached hydrogens (tertiary/aromatic N) is 1. The molecule has 1 heteroatoms. The van der Waals surface area contributed by atoms with Gasteiger partial charge in [-0.1, -0.05) is 122 Å². The summed E-state index contributed by atoms with van der Waals surface area (Å²) < 4.78 is 0. The molecule has 0 N–H and O–H groups in total. The third kappa shape index (κ3) is 23.7. The van der Waals surface area contributed by atoms with Crippen molar-refractivity contribution in [2.24, 2.45) is 4.99 Å². The number of hydrogen-bond acceptors (Lipinski definition) is 1. The van der Waals surface area contributed by atoms with Crippen molar-refractivity contribution < 1.29 is 0 Å². The van der Waals surface area contributed by atoms with Crippen molar-refractivity contribution in [2.75, 3.05) is 0 Å². The van der Waals surface area contributed by atoms with E-state index in [9.17, 15) is 0 Å². The summed E-state index contributed by atoms with van der Waals surface area (Å²) in [5.74, 6) is 0. The highest BCUT2D eigenvalue weighted by molar-refractivity contribution is 5.57. The van der Waals surface area contributed by atoms with E-state index in [2.05, 4.69) is 32.0 Å². The molecule has 0 rings (SSSR count). The molecule has 0 heterocycles. The molecule has 0 atom stereocenters. The summed E-state index contributed by atoms with van der Waals surface area (Å²) in [6, 6.07) is 0.468. The smallest absolute Gasteiger partial charge is 0.0439 e. The van der Waals surface area contributed by atoms with E-state index in [0.717, 1.165) is 0 Å². The van der Waals surface area contributed by atoms with Gasteiger partial charge in [-0.15, -0.1) is 0 Å². The van der Waals surface area contributed by atoms with E-state index < -0.39 is 0 Å². The Hall–Kier alpha value is -0.330. The molecule has 0 aliphatic rings. The first-order valence-electron chi connectivity index (χ1n) is 12.3. The number of aliphatic imine (C=N–C) groups is 1. The van der Waals surface area contributed by atoms with Crippen molar-refractivity contribution in [1.29, 1.82) is 0 Å². The number of unbranched alkanes of at least 4 members (excludes halogenated alkanes) is 19. The average molecular weight is 366 g/mol. The molecule has 0 spiro atoms. The quantitative estimate of drug-likeness (QED) is 0.142. The zero-order valence-corrected chi connectivity index (χ0v) is 18.7. The standard InChI is InChI=1S/C25H51N/c1-4-5-6-7-8-9-10-11-12-13-14-15-16-17-18-19-20-21-22-23-24-26-25(2)3/h24-25H,4-23H2,1-3H3. The van der Waals surface area contributed by atoms with Gasteiger partial charge in [-0.25, -0.2) is 0 Å². The minimum absolute atomic E-state index is 0.468. The van der Waals surface area contributed by atoms with E-state index in [-0.39, 0.29) is 0 Å². The molecule has 0 aromatic heterocycles. The van der Waals surface area contributed by atoms with Gasteiger partial charge in [0, 0.05) is 6.04 Å². The normalized spacial score (nSPS) is 11.8. The molecule has 0 fully saturated rings. The van der Waals surface area contributed by atoms with Crippen LogP contribution >= 0.6 is 0 Å². The van der Waals surface area contributed by atoms with Gasteiger partial charge in [-0.2, -0.15) is 0 Å². The van der Waals surface area contributed by atoms with E-state index in [1.807, 2.05) is 0 Å². The summed E-state index contributed by atoms with van der Waals surface area (Å²) in [4.78, 5) is 4.42. The highest BCUT2D eigenvalue weighted by Gasteiger charge is 1.95. The van der Waals surface area contributed by atoms with Crippen LogP contribution in [0.25, 0.3) is 0 Å². The fourth-order valence-corrected chi connectivity index (χ4v) is 3.60. The second kappa shape index (κ2) is 22.7. The predicted octanol–water partition coefficient (Wildman–Crippen LogP) is 9.29. The first kappa shape index (κ1) is 25.7. The SMILES string of the molecule is CCCCCCCCCCCCCCCCCCCCCC=NC(C)C. The average Bonchev–Trinajstić information content (AvgIpc) is 2.62. The van der Waals surface area contributed by atoms with E-state index in [1.54, 1.807) is 0 Å². The Morgan fingerprint density at radius 3 is 1.12 bits per heavy atom. The van der Waals surface area contributed by atoms with Gasteiger partial charge >= 0.3 is 0 Å². The van der Waals surface area contributed by atoms with Gasteiger partial charge in [0.15, 0.2) is 0 Å². The Kier molecular flexibility index (Phi) is 22.4. The summed E-state index contributed by atoms with van der Waals surface area (Å²) in [6.45, 7) is 6.59. The van der Waals surface area contributed by atoms with Crippen LogP contribution in [0.1, 0.15) is 149 Å². The second-order valence-corrected chi connectivity index (χ2v) is 8.58. The van der Waals surface area contributed by atoms with Gasteiger partial charge < -0.3 is 0 Å². The van der Waals surface area contributed by atoms with Crippen LogP contribution < -0.4 is 0 Å². The monoisotopic (exact) mass is 365 g/mol. The minimum atomic E-state index is 0.468. The summed E-state index contributed by atoms with van der Waals surface area (Å²) in [6.07, 6.45) is 30.9. The molecule has 0 aromatic carbocycles. The Bertz CT molecular complexity index is 269. The molecule has 156 valence electrons. The topological polar surface area (TPSA) is 12.4 Å². The molecule has 0 saturated heterocycles. The molecular formula is C25H51N. The van der Waals surface area contributed by atoms with Gasteiger partial charge in [-0.05, 0) is 32.9 Å². The van der Waals surface area contributed by atoms with Gasteiger partial charge in [-0.3, -0.25) is 4.99 Å². The Morgan fingerprint density at radius 2 is 0.808 bits per heavy atom. The molecule has 0 bridgehead atoms. The molecule has 0 unspecified atom stereocenters. The first-order chi connectivity index (χ1) is 12.8. The van der Waals surface area contributed by atoms with E-state index in [0.29, 0.717) is 6.04 Å². The largest absolute Gasteiger partial charge is 0.295 e. The van der Waals surface area contributed by atoms with Crippen LogP contribution in [0.4, 0.5) is 0 Å². The molecule has 1 nitrogen and oxygen atoms in total. The Labute approximate surface area is 166 Å². The van der Waals surface area contributed by atoms with Crippen molar-refractivity contribution in [2.45, 2.75) is 155 Å². The maximum atomic E-state index is 4.42. The number of hydrogen-bond donors (Lipinski definition) is 0. The maximum Gasteiger partial charge on any atom is 0.0439 e. The van der Waals surface area contributed by atoms with Crippen LogP contribution in [0.15, 0.2) is 4.99 Å². The van der Waals surface area contributed by atoms with Crippen molar-refractivity contribution >= 4 is 6.21 Å². The van der Waals surface area contributed by atoms with Crippen molar-refractivity contribution in [3.63, 3.8) is 0 Å². The van der Waals surface area contributed by atoms with Gasteiger partial charge in [0.05, 0.1) is 0 Å². The molecular weight excluding hydrogens is 314 g/mol. The van der Waals surface area contributed by atoms with Crippen LogP contribution in [0.2, 0.25) is 0 Å². The molecule has 0 radical (unpaired) electrons. The lowest BCUT2D eigenvalue weighted by molar-refractivity contribution is 0.524. The highest BCUT2D eigenvalue weighted by Crippen LogP contribution is 2.14. The summed E-state index contributed by atoms with van der Waals surface area (Å²) in [7, 11) is 0. The molecule has 0 amide bonds. The van der Waals surface area contributed by atoms with Crippen LogP contribution in [-0.2, 0) is 0 Å². The molecule has 0 aliphatic carbocycles. The van der Waals surface area contributed by atoms with Crippen LogP contribution in [0, 0.1) is 0 Å². The fraction of sp³-hybridized carbons (Fsp3) is 0.960. The summed E-state index contributed by atoms with van der Waals surface area (Å²) in [5.41, 5.74) is 0. The lowest BCUT2D eigenvalue weighted by atomic mass is 10.0. The van der Waals surface area contributed by atoms with E-state index >= 15 is 0 Å². The third-order valence-electron chi connectivity index (χ3n) is 5.34. The summed E-state index contributed by atoms with van der Waals surface area (Å²) >= 11 is 0. The highest BCUT2D eigenvalue weighted by atomic mass is 14.7. The first-order valence-corrected chi connectivity index (χ1v) is 12.3. The van der Waals surface area contributed by atoms with E-state index in [4.69, 9.17) is 0 Å². The van der Waals surface area contributed by atoms with Gasteiger partial charge in [0.25, 0.3) is 0 Å². The summed E-state index contributed by atoms with van der Waals surface area (Å²) in [5, 5.41) is 0. The predicted molar refractivity (Wildman–Crippen MR) is 122 cm³/mol. The Morgan fingerprint density at radius 1 is 0.500 bits per heavy atom. The molecule has 0 aromatic rings. The van der Waals surface area contributed by atoms with Crippen molar-refractivity contribution in [3.05, 3.63) is 0 Å². The molecule has 0 aliphatic heterocycles. The van der Waals surface area contributed by atoms with Gasteiger partial charge in [0.1, 0.15) is 0 Å².